The number of nitrogens with zero attached hydrogens (tertiary/aromatic N) is 5. The summed E-state index contributed by atoms with van der Waals surface area (Å²) in [5.41, 5.74) is 4.20. The lowest BCUT2D eigenvalue weighted by Crippen LogP contribution is -2.34. The highest BCUT2D eigenvalue weighted by molar-refractivity contribution is 7.08. The summed E-state index contributed by atoms with van der Waals surface area (Å²) in [6, 6.07) is 2.06. The molecular weight excluding hydrogens is 350 g/mol. The van der Waals surface area contributed by atoms with E-state index in [2.05, 4.69) is 31.4 Å². The molecule has 0 saturated carbocycles. The fraction of sp³-hybridized carbons (Fsp3) is 0.278. The van der Waals surface area contributed by atoms with Gasteiger partial charge in [0.25, 0.3) is 5.91 Å². The van der Waals surface area contributed by atoms with Crippen LogP contribution in [0.5, 0.6) is 5.75 Å². The summed E-state index contributed by atoms with van der Waals surface area (Å²) in [5, 5.41) is 4.12. The minimum absolute atomic E-state index is 0.175. The van der Waals surface area contributed by atoms with Gasteiger partial charge >= 0.3 is 0 Å². The quantitative estimate of drug-likeness (QED) is 0.706. The Morgan fingerprint density at radius 3 is 2.69 bits per heavy atom. The molecule has 0 spiro atoms. The van der Waals surface area contributed by atoms with Gasteiger partial charge in [0.15, 0.2) is 5.75 Å². The second-order valence-corrected chi connectivity index (χ2v) is 6.68. The highest BCUT2D eigenvalue weighted by Crippen LogP contribution is 2.27. The second kappa shape index (κ2) is 7.17. The summed E-state index contributed by atoms with van der Waals surface area (Å²) in [6.45, 7) is 1.17. The maximum absolute atomic E-state index is 12.7. The molecule has 26 heavy (non-hydrogen) atoms. The van der Waals surface area contributed by atoms with E-state index in [4.69, 9.17) is 4.74 Å². The fourth-order valence-corrected chi connectivity index (χ4v) is 3.69. The Hall–Kier alpha value is -2.87. The van der Waals surface area contributed by atoms with E-state index >= 15 is 0 Å². The number of carbonyl (C=O) groups excluding carboxylic acids is 1. The molecule has 0 N–H and O–H groups in total. The highest BCUT2D eigenvalue weighted by Gasteiger charge is 2.24. The van der Waals surface area contributed by atoms with Crippen molar-refractivity contribution in [1.82, 2.24) is 24.8 Å². The summed E-state index contributed by atoms with van der Waals surface area (Å²) < 4.78 is 5.04. The van der Waals surface area contributed by atoms with E-state index in [1.807, 2.05) is 5.38 Å². The molecule has 7 nitrogen and oxygen atoms in total. The number of carbonyl (C=O) groups is 1. The molecule has 1 aliphatic heterocycles. The van der Waals surface area contributed by atoms with E-state index < -0.39 is 0 Å². The molecule has 0 saturated heterocycles. The van der Waals surface area contributed by atoms with Crippen LogP contribution in [0.1, 0.15) is 21.9 Å². The molecule has 3 aromatic rings. The zero-order valence-corrected chi connectivity index (χ0v) is 15.1. The predicted octanol–water partition coefficient (Wildman–Crippen LogP) is 2.24. The number of amides is 1. The standard InChI is InChI=1S/C18H17N5O2S/c1-25-13-8-19-17(20-9-13)18(24)23-5-2-14-15(3-6-23)21-11-22-16(14)12-4-7-26-10-12/h4,7-11H,2-3,5-6H2,1H3. The van der Waals surface area contributed by atoms with Crippen molar-refractivity contribution < 1.29 is 9.53 Å². The largest absolute Gasteiger partial charge is 0.494 e. The SMILES string of the molecule is COc1cnc(C(=O)N2CCc3ncnc(-c4ccsc4)c3CC2)nc1. The second-order valence-electron chi connectivity index (χ2n) is 5.90. The van der Waals surface area contributed by atoms with E-state index in [0.29, 0.717) is 31.7 Å². The van der Waals surface area contributed by atoms with Crippen LogP contribution >= 0.6 is 11.3 Å². The van der Waals surface area contributed by atoms with Crippen molar-refractivity contribution in [1.29, 1.82) is 0 Å². The third kappa shape index (κ3) is 3.15. The Bertz CT molecular complexity index is 912. The summed E-state index contributed by atoms with van der Waals surface area (Å²) in [4.78, 5) is 31.7. The van der Waals surface area contributed by atoms with Crippen LogP contribution in [-0.2, 0) is 12.8 Å². The predicted molar refractivity (Wildman–Crippen MR) is 97.2 cm³/mol. The molecule has 1 amide bonds. The fourth-order valence-electron chi connectivity index (χ4n) is 3.05. The zero-order valence-electron chi connectivity index (χ0n) is 14.3. The lowest BCUT2D eigenvalue weighted by molar-refractivity contribution is 0.0750. The third-order valence-corrected chi connectivity index (χ3v) is 5.11. The Kier molecular flexibility index (Phi) is 4.57. The van der Waals surface area contributed by atoms with Crippen LogP contribution in [0, 0.1) is 0 Å². The van der Waals surface area contributed by atoms with Crippen LogP contribution in [0.4, 0.5) is 0 Å². The number of aromatic nitrogens is 4. The van der Waals surface area contributed by atoms with Crippen molar-refractivity contribution in [3.63, 3.8) is 0 Å². The van der Waals surface area contributed by atoms with Crippen molar-refractivity contribution in [2.24, 2.45) is 0 Å². The molecule has 3 aromatic heterocycles. The highest BCUT2D eigenvalue weighted by atomic mass is 32.1. The van der Waals surface area contributed by atoms with Gasteiger partial charge in [0, 0.05) is 41.7 Å². The average Bonchev–Trinajstić information content (AvgIpc) is 3.14. The lowest BCUT2D eigenvalue weighted by atomic mass is 10.0. The maximum Gasteiger partial charge on any atom is 0.291 e. The van der Waals surface area contributed by atoms with Crippen LogP contribution in [0.15, 0.2) is 35.5 Å². The molecule has 0 radical (unpaired) electrons. The van der Waals surface area contributed by atoms with Gasteiger partial charge in [0.2, 0.25) is 5.82 Å². The van der Waals surface area contributed by atoms with Gasteiger partial charge in [0.1, 0.15) is 6.33 Å². The molecule has 0 aromatic carbocycles. The number of hydrogen-bond donors (Lipinski definition) is 0. The molecule has 8 heteroatoms. The van der Waals surface area contributed by atoms with Gasteiger partial charge in [-0.15, -0.1) is 0 Å². The van der Waals surface area contributed by atoms with E-state index in [0.717, 1.165) is 22.5 Å². The van der Waals surface area contributed by atoms with E-state index in [1.165, 1.54) is 19.5 Å². The number of thiophene rings is 1. The zero-order chi connectivity index (χ0) is 17.9. The summed E-state index contributed by atoms with van der Waals surface area (Å²) >= 11 is 1.64. The van der Waals surface area contributed by atoms with E-state index in [9.17, 15) is 4.79 Å². The molecule has 1 aliphatic rings. The molecule has 4 rings (SSSR count). The van der Waals surface area contributed by atoms with Crippen LogP contribution in [0.2, 0.25) is 0 Å². The Morgan fingerprint density at radius 2 is 1.96 bits per heavy atom. The molecule has 4 heterocycles. The summed E-state index contributed by atoms with van der Waals surface area (Å²) in [6.07, 6.45) is 6.02. The minimum Gasteiger partial charge on any atom is -0.494 e. The molecule has 132 valence electrons. The first kappa shape index (κ1) is 16.6. The molecule has 0 aliphatic carbocycles. The normalized spacial score (nSPS) is 13.8. The molecule has 0 unspecified atom stereocenters. The van der Waals surface area contributed by atoms with Crippen molar-refractivity contribution in [2.75, 3.05) is 20.2 Å². The van der Waals surface area contributed by atoms with Gasteiger partial charge in [-0.3, -0.25) is 4.79 Å². The van der Waals surface area contributed by atoms with Gasteiger partial charge in [-0.25, -0.2) is 19.9 Å². The number of methoxy groups -OCH3 is 1. The van der Waals surface area contributed by atoms with Gasteiger partial charge in [-0.2, -0.15) is 11.3 Å². The smallest absolute Gasteiger partial charge is 0.291 e. The van der Waals surface area contributed by atoms with E-state index in [-0.39, 0.29) is 11.7 Å². The van der Waals surface area contributed by atoms with Crippen LogP contribution in [0.3, 0.4) is 0 Å². The average molecular weight is 367 g/mol. The first-order valence-electron chi connectivity index (χ1n) is 8.27. The van der Waals surface area contributed by atoms with Crippen molar-refractivity contribution in [2.45, 2.75) is 12.8 Å². The van der Waals surface area contributed by atoms with Gasteiger partial charge in [-0.05, 0) is 17.9 Å². The summed E-state index contributed by atoms with van der Waals surface area (Å²) in [5.74, 6) is 0.534. The molecule has 0 atom stereocenters. The topological polar surface area (TPSA) is 81.1 Å². The number of hydrogen-bond acceptors (Lipinski definition) is 7. The van der Waals surface area contributed by atoms with Crippen LogP contribution in [0.25, 0.3) is 11.3 Å². The Balaban J connectivity index is 1.56. The van der Waals surface area contributed by atoms with Crippen molar-refractivity contribution in [3.8, 4) is 17.0 Å². The first-order valence-corrected chi connectivity index (χ1v) is 9.21. The van der Waals surface area contributed by atoms with Crippen LogP contribution < -0.4 is 4.74 Å². The van der Waals surface area contributed by atoms with Gasteiger partial charge < -0.3 is 9.64 Å². The Labute approximate surface area is 154 Å². The lowest BCUT2D eigenvalue weighted by Gasteiger charge is -2.19. The monoisotopic (exact) mass is 367 g/mol. The maximum atomic E-state index is 12.7. The number of fused-ring (bicyclic) bond motifs is 1. The van der Waals surface area contributed by atoms with Crippen molar-refractivity contribution in [3.05, 3.63) is 52.6 Å². The molecular formula is C18H17N5O2S. The molecule has 0 fully saturated rings. The van der Waals surface area contributed by atoms with E-state index in [1.54, 1.807) is 22.6 Å². The summed E-state index contributed by atoms with van der Waals surface area (Å²) in [7, 11) is 1.54. The minimum atomic E-state index is -0.175. The van der Waals surface area contributed by atoms with Gasteiger partial charge in [-0.1, -0.05) is 0 Å². The number of ether oxygens (including phenoxy) is 1. The van der Waals surface area contributed by atoms with Crippen LogP contribution in [-0.4, -0.2) is 50.9 Å². The van der Waals surface area contributed by atoms with Gasteiger partial charge in [0.05, 0.1) is 25.2 Å². The number of rotatable bonds is 3. The van der Waals surface area contributed by atoms with Crippen molar-refractivity contribution >= 4 is 17.2 Å². The Morgan fingerprint density at radius 1 is 1.15 bits per heavy atom. The first-order chi connectivity index (χ1) is 12.8. The third-order valence-electron chi connectivity index (χ3n) is 4.42. The molecule has 0 bridgehead atoms.